The van der Waals surface area contributed by atoms with E-state index in [-0.39, 0.29) is 9.92 Å². The van der Waals surface area contributed by atoms with Crippen LogP contribution in [-0.4, -0.2) is 26.1 Å². The molecule has 8 heteroatoms. The number of hydrogen-bond acceptors (Lipinski definition) is 5. The summed E-state index contributed by atoms with van der Waals surface area (Å²) in [6, 6.07) is 14.3. The summed E-state index contributed by atoms with van der Waals surface area (Å²) >= 11 is 7.43. The lowest BCUT2D eigenvalue weighted by Gasteiger charge is -2.01. The van der Waals surface area contributed by atoms with Crippen LogP contribution in [0.4, 0.5) is 0 Å². The van der Waals surface area contributed by atoms with Gasteiger partial charge in [-0.15, -0.1) is 5.10 Å². The van der Waals surface area contributed by atoms with Crippen LogP contribution < -0.4 is 5.73 Å². The van der Waals surface area contributed by atoms with Gasteiger partial charge >= 0.3 is 0 Å². The fourth-order valence-corrected chi connectivity index (χ4v) is 3.30. The van der Waals surface area contributed by atoms with Gasteiger partial charge in [0.1, 0.15) is 0 Å². The van der Waals surface area contributed by atoms with Crippen LogP contribution in [0.5, 0.6) is 0 Å². The summed E-state index contributed by atoms with van der Waals surface area (Å²) in [5.41, 5.74) is 7.50. The summed E-state index contributed by atoms with van der Waals surface area (Å²) in [6.07, 6.45) is 2.56. The van der Waals surface area contributed by atoms with E-state index in [0.29, 0.717) is 16.5 Å². The molecule has 0 spiro atoms. The molecule has 0 aliphatic heterocycles. The van der Waals surface area contributed by atoms with Crippen LogP contribution in [0, 0.1) is 0 Å². The minimum atomic E-state index is -3.29. The number of halogens is 1. The van der Waals surface area contributed by atoms with Crippen LogP contribution in [0.3, 0.4) is 0 Å². The number of hydrogen-bond donors (Lipinski definition) is 1. The predicted octanol–water partition coefficient (Wildman–Crippen LogP) is 3.33. The molecular weight excluding hydrogens is 366 g/mol. The number of amidine groups is 1. The van der Waals surface area contributed by atoms with Gasteiger partial charge in [-0.1, -0.05) is 59.8 Å². The lowest BCUT2D eigenvalue weighted by atomic mass is 10.2. The molecule has 0 radical (unpaired) electrons. The van der Waals surface area contributed by atoms with E-state index in [1.54, 1.807) is 6.07 Å². The second-order valence-corrected chi connectivity index (χ2v) is 8.33. The number of thioether (sulfide) groups is 1. The molecule has 0 unspecified atom stereocenters. The Morgan fingerprint density at radius 3 is 2.58 bits per heavy atom. The second-order valence-electron chi connectivity index (χ2n) is 4.91. The normalized spacial score (nSPS) is 12.7. The van der Waals surface area contributed by atoms with Crippen LogP contribution in [0.25, 0.3) is 0 Å². The van der Waals surface area contributed by atoms with Gasteiger partial charge < -0.3 is 5.73 Å². The third kappa shape index (κ3) is 5.67. The minimum Gasteiger partial charge on any atom is -0.377 e. The molecule has 5 nitrogen and oxygen atoms in total. The maximum atomic E-state index is 11.5. The third-order valence-electron chi connectivity index (χ3n) is 2.98. The van der Waals surface area contributed by atoms with Crippen molar-refractivity contribution >= 4 is 44.6 Å². The Balaban J connectivity index is 2.00. The molecule has 2 aromatic carbocycles. The zero-order valence-electron chi connectivity index (χ0n) is 12.9. The monoisotopic (exact) mass is 381 g/mol. The first-order chi connectivity index (χ1) is 11.4. The first-order valence-electron chi connectivity index (χ1n) is 6.89. The Labute approximate surface area is 150 Å². The van der Waals surface area contributed by atoms with Crippen LogP contribution in [-0.2, 0) is 15.6 Å². The highest BCUT2D eigenvalue weighted by Gasteiger charge is 2.09. The molecule has 0 amide bonds. The molecule has 126 valence electrons. The lowest BCUT2D eigenvalue weighted by molar-refractivity contribution is 0.602. The molecule has 0 aliphatic carbocycles. The van der Waals surface area contributed by atoms with Crippen molar-refractivity contribution in [3.05, 3.63) is 64.7 Å². The maximum absolute atomic E-state index is 11.5. The Hall–Kier alpha value is -1.83. The molecule has 0 bridgehead atoms. The number of nitrogens with two attached hydrogens (primary N) is 1. The Bertz CT molecular complexity index is 866. The van der Waals surface area contributed by atoms with E-state index in [1.165, 1.54) is 30.1 Å². The zero-order chi connectivity index (χ0) is 17.6. The number of nitrogens with zero attached hydrogens (tertiary/aromatic N) is 2. The fraction of sp³-hybridized carbons (Fsp3) is 0.125. The Morgan fingerprint density at radius 1 is 1.25 bits per heavy atom. The van der Waals surface area contributed by atoms with E-state index in [2.05, 4.69) is 10.2 Å². The summed E-state index contributed by atoms with van der Waals surface area (Å²) in [6.45, 7) is 0. The first kappa shape index (κ1) is 18.5. The van der Waals surface area contributed by atoms with Crippen LogP contribution in [0.15, 0.2) is 63.6 Å². The van der Waals surface area contributed by atoms with Gasteiger partial charge in [0.2, 0.25) is 0 Å². The van der Waals surface area contributed by atoms with Crippen molar-refractivity contribution in [1.29, 1.82) is 0 Å². The van der Waals surface area contributed by atoms with Gasteiger partial charge in [-0.25, -0.2) is 8.42 Å². The van der Waals surface area contributed by atoms with E-state index in [1.807, 2.05) is 30.3 Å². The standard InChI is InChI=1S/C16H16ClN3O2S2/c1-24(21,22)14-8-7-13(15(17)9-14)10-19-20-16(18)23-11-12-5-3-2-4-6-12/h2-10H,11H2,1H3,(H2,18,20). The molecule has 0 saturated carbocycles. The van der Waals surface area contributed by atoms with E-state index >= 15 is 0 Å². The van der Waals surface area contributed by atoms with Crippen LogP contribution in [0.2, 0.25) is 5.02 Å². The molecule has 0 atom stereocenters. The molecule has 0 saturated heterocycles. The quantitative estimate of drug-likeness (QED) is 0.489. The van der Waals surface area contributed by atoms with E-state index in [9.17, 15) is 8.42 Å². The number of rotatable bonds is 5. The third-order valence-corrected chi connectivity index (χ3v) is 5.28. The highest BCUT2D eigenvalue weighted by Crippen LogP contribution is 2.19. The van der Waals surface area contributed by atoms with Crippen molar-refractivity contribution in [2.24, 2.45) is 15.9 Å². The van der Waals surface area contributed by atoms with Crippen LogP contribution >= 0.6 is 23.4 Å². The molecule has 0 fully saturated rings. The number of sulfone groups is 1. The molecular formula is C16H16ClN3O2S2. The van der Waals surface area contributed by atoms with Crippen molar-refractivity contribution < 1.29 is 8.42 Å². The van der Waals surface area contributed by atoms with Gasteiger partial charge in [-0.3, -0.25) is 0 Å². The van der Waals surface area contributed by atoms with Gasteiger partial charge in [-0.05, 0) is 17.7 Å². The molecule has 0 aliphatic rings. The molecule has 2 N–H and O–H groups in total. The topological polar surface area (TPSA) is 84.9 Å². The van der Waals surface area contributed by atoms with E-state index < -0.39 is 9.84 Å². The maximum Gasteiger partial charge on any atom is 0.180 e. The van der Waals surface area contributed by atoms with Gasteiger partial charge in [0.15, 0.2) is 15.0 Å². The molecule has 2 rings (SSSR count). The number of benzene rings is 2. The molecule has 24 heavy (non-hydrogen) atoms. The van der Waals surface area contributed by atoms with E-state index in [4.69, 9.17) is 17.3 Å². The van der Waals surface area contributed by atoms with Gasteiger partial charge in [0.05, 0.1) is 16.1 Å². The zero-order valence-corrected chi connectivity index (χ0v) is 15.3. The highest BCUT2D eigenvalue weighted by atomic mass is 35.5. The van der Waals surface area contributed by atoms with Crippen molar-refractivity contribution in [1.82, 2.24) is 0 Å². The van der Waals surface area contributed by atoms with Gasteiger partial charge in [-0.2, -0.15) is 5.10 Å². The van der Waals surface area contributed by atoms with Crippen molar-refractivity contribution in [2.45, 2.75) is 10.6 Å². The van der Waals surface area contributed by atoms with E-state index in [0.717, 1.165) is 11.8 Å². The summed E-state index contributed by atoms with van der Waals surface area (Å²) in [5.74, 6) is 0.704. The molecule has 0 heterocycles. The highest BCUT2D eigenvalue weighted by molar-refractivity contribution is 8.13. The van der Waals surface area contributed by atoms with Crippen molar-refractivity contribution in [2.75, 3.05) is 6.26 Å². The summed E-state index contributed by atoms with van der Waals surface area (Å²) in [4.78, 5) is 0.158. The van der Waals surface area contributed by atoms with Gasteiger partial charge in [0.25, 0.3) is 0 Å². The van der Waals surface area contributed by atoms with Gasteiger partial charge in [0, 0.05) is 17.6 Å². The van der Waals surface area contributed by atoms with Crippen molar-refractivity contribution in [3.63, 3.8) is 0 Å². The minimum absolute atomic E-state index is 0.158. The molecule has 2 aromatic rings. The van der Waals surface area contributed by atoms with Crippen LogP contribution in [0.1, 0.15) is 11.1 Å². The smallest absolute Gasteiger partial charge is 0.180 e. The largest absolute Gasteiger partial charge is 0.377 e. The summed E-state index contributed by atoms with van der Waals surface area (Å²) < 4.78 is 22.9. The average molecular weight is 382 g/mol. The molecule has 0 aromatic heterocycles. The lowest BCUT2D eigenvalue weighted by Crippen LogP contribution is -2.06. The van der Waals surface area contributed by atoms with Crippen molar-refractivity contribution in [3.8, 4) is 0 Å². The Kier molecular flexibility index (Phi) is 6.42. The second kappa shape index (κ2) is 8.32. The fourth-order valence-electron chi connectivity index (χ4n) is 1.75. The Morgan fingerprint density at radius 2 is 1.96 bits per heavy atom. The summed E-state index contributed by atoms with van der Waals surface area (Å²) in [5, 5.41) is 8.40. The SMILES string of the molecule is CS(=O)(=O)c1ccc(C=NN=C(N)SCc2ccccc2)c(Cl)c1. The predicted molar refractivity (Wildman–Crippen MR) is 102 cm³/mol. The first-order valence-corrected chi connectivity index (χ1v) is 10.1. The average Bonchev–Trinajstić information content (AvgIpc) is 2.54. The summed E-state index contributed by atoms with van der Waals surface area (Å²) in [7, 11) is -3.29.